The summed E-state index contributed by atoms with van der Waals surface area (Å²) < 4.78 is 0. The zero-order valence-electron chi connectivity index (χ0n) is 15.4. The maximum atomic E-state index is 12.4. The van der Waals surface area contributed by atoms with Crippen LogP contribution in [-0.2, 0) is 11.3 Å². The van der Waals surface area contributed by atoms with Gasteiger partial charge in [0, 0.05) is 38.3 Å². The molecule has 3 rings (SSSR count). The molecule has 0 aliphatic carbocycles. The van der Waals surface area contributed by atoms with Crippen molar-refractivity contribution in [3.63, 3.8) is 0 Å². The number of rotatable bonds is 6. The fraction of sp³-hybridized carbons (Fsp3) is 0.700. The van der Waals surface area contributed by atoms with Gasteiger partial charge in [0.05, 0.1) is 5.69 Å². The number of nitrogens with zero attached hydrogens (tertiary/aromatic N) is 2. The normalized spacial score (nSPS) is 24.0. The van der Waals surface area contributed by atoms with E-state index in [1.807, 2.05) is 18.3 Å². The van der Waals surface area contributed by atoms with Crippen molar-refractivity contribution >= 4 is 5.91 Å². The molecule has 2 N–H and O–H groups in total. The largest absolute Gasteiger partial charge is 0.353 e. The lowest BCUT2D eigenvalue weighted by Gasteiger charge is -2.33. The second kappa shape index (κ2) is 9.30. The molecule has 1 aromatic heterocycles. The standard InChI is InChI=1S/C20H32N4O/c1-16(17-5-4-9-21-14-17)13-20(25)23-18-7-11-24(12-8-18)15-19-6-2-3-10-22-19/h2-3,6,10,16-18,21H,4-5,7-9,11-15H2,1H3,(H,23,25). The molecule has 0 spiro atoms. The van der Waals surface area contributed by atoms with E-state index < -0.39 is 0 Å². The number of carbonyl (C=O) groups excluding carboxylic acids is 1. The topological polar surface area (TPSA) is 57.3 Å². The van der Waals surface area contributed by atoms with Crippen LogP contribution in [0.15, 0.2) is 24.4 Å². The number of hydrogen-bond acceptors (Lipinski definition) is 4. The Balaban J connectivity index is 1.36. The zero-order valence-corrected chi connectivity index (χ0v) is 15.4. The van der Waals surface area contributed by atoms with Gasteiger partial charge in [0.2, 0.25) is 5.91 Å². The Morgan fingerprint density at radius 2 is 2.20 bits per heavy atom. The van der Waals surface area contributed by atoms with Gasteiger partial charge in [0.25, 0.3) is 0 Å². The van der Waals surface area contributed by atoms with Crippen LogP contribution in [0.3, 0.4) is 0 Å². The molecule has 2 atom stereocenters. The molecule has 0 saturated carbocycles. The Kier molecular flexibility index (Phi) is 6.82. The van der Waals surface area contributed by atoms with Gasteiger partial charge >= 0.3 is 0 Å². The van der Waals surface area contributed by atoms with Crippen molar-refractivity contribution in [3.8, 4) is 0 Å². The maximum absolute atomic E-state index is 12.4. The van der Waals surface area contributed by atoms with Gasteiger partial charge < -0.3 is 10.6 Å². The van der Waals surface area contributed by atoms with Gasteiger partial charge in [-0.15, -0.1) is 0 Å². The minimum atomic E-state index is 0.237. The summed E-state index contributed by atoms with van der Waals surface area (Å²) >= 11 is 0. The molecular weight excluding hydrogens is 312 g/mol. The molecule has 5 nitrogen and oxygen atoms in total. The number of hydrogen-bond donors (Lipinski definition) is 2. The molecule has 2 saturated heterocycles. The number of carbonyl (C=O) groups is 1. The van der Waals surface area contributed by atoms with Crippen molar-refractivity contribution in [1.29, 1.82) is 0 Å². The molecule has 1 aromatic rings. The quantitative estimate of drug-likeness (QED) is 0.831. The number of aromatic nitrogens is 1. The van der Waals surface area contributed by atoms with Gasteiger partial charge in [-0.05, 0) is 62.7 Å². The average Bonchev–Trinajstić information content (AvgIpc) is 2.65. The molecular formula is C20H32N4O. The number of pyridine rings is 1. The molecule has 3 heterocycles. The predicted molar refractivity (Wildman–Crippen MR) is 100 cm³/mol. The van der Waals surface area contributed by atoms with E-state index in [0.717, 1.165) is 51.3 Å². The summed E-state index contributed by atoms with van der Waals surface area (Å²) in [6, 6.07) is 6.41. The summed E-state index contributed by atoms with van der Waals surface area (Å²) in [6.45, 7) is 7.40. The van der Waals surface area contributed by atoms with Crippen LogP contribution in [0.2, 0.25) is 0 Å². The Morgan fingerprint density at radius 1 is 1.36 bits per heavy atom. The Morgan fingerprint density at radius 3 is 2.88 bits per heavy atom. The van der Waals surface area contributed by atoms with Crippen LogP contribution in [0.5, 0.6) is 0 Å². The molecule has 5 heteroatoms. The smallest absolute Gasteiger partial charge is 0.220 e. The molecule has 1 amide bonds. The van der Waals surface area contributed by atoms with E-state index in [0.29, 0.717) is 24.3 Å². The minimum absolute atomic E-state index is 0.237. The SMILES string of the molecule is CC(CC(=O)NC1CCN(Cc2ccccn2)CC1)C1CCCNC1. The highest BCUT2D eigenvalue weighted by Crippen LogP contribution is 2.22. The van der Waals surface area contributed by atoms with Crippen molar-refractivity contribution in [2.75, 3.05) is 26.2 Å². The van der Waals surface area contributed by atoms with E-state index >= 15 is 0 Å². The monoisotopic (exact) mass is 344 g/mol. The first kappa shape index (κ1) is 18.3. The molecule has 2 fully saturated rings. The van der Waals surface area contributed by atoms with E-state index in [-0.39, 0.29) is 5.91 Å². The number of likely N-dealkylation sites (tertiary alicyclic amines) is 1. The second-order valence-corrected chi connectivity index (χ2v) is 7.73. The van der Waals surface area contributed by atoms with Crippen molar-refractivity contribution in [1.82, 2.24) is 20.5 Å². The lowest BCUT2D eigenvalue weighted by atomic mass is 9.85. The highest BCUT2D eigenvalue weighted by molar-refractivity contribution is 5.76. The molecule has 0 aromatic carbocycles. The first-order valence-electron chi connectivity index (χ1n) is 9.83. The second-order valence-electron chi connectivity index (χ2n) is 7.73. The van der Waals surface area contributed by atoms with Gasteiger partial charge in [-0.25, -0.2) is 0 Å². The summed E-state index contributed by atoms with van der Waals surface area (Å²) in [4.78, 5) is 19.2. The van der Waals surface area contributed by atoms with Crippen LogP contribution in [0.25, 0.3) is 0 Å². The van der Waals surface area contributed by atoms with Gasteiger partial charge in [-0.2, -0.15) is 0 Å². The minimum Gasteiger partial charge on any atom is -0.353 e. The predicted octanol–water partition coefficient (Wildman–Crippen LogP) is 2.19. The third kappa shape index (κ3) is 5.79. The molecule has 2 unspecified atom stereocenters. The van der Waals surface area contributed by atoms with E-state index in [9.17, 15) is 4.79 Å². The lowest BCUT2D eigenvalue weighted by molar-refractivity contribution is -0.123. The molecule has 2 aliphatic rings. The van der Waals surface area contributed by atoms with E-state index in [2.05, 4.69) is 33.5 Å². The first-order valence-corrected chi connectivity index (χ1v) is 9.83. The van der Waals surface area contributed by atoms with Gasteiger partial charge in [-0.1, -0.05) is 13.0 Å². The van der Waals surface area contributed by atoms with Crippen molar-refractivity contribution in [2.45, 2.75) is 51.6 Å². The fourth-order valence-corrected chi connectivity index (χ4v) is 4.07. The highest BCUT2D eigenvalue weighted by Gasteiger charge is 2.25. The molecule has 0 radical (unpaired) electrons. The number of piperidine rings is 2. The molecule has 138 valence electrons. The highest BCUT2D eigenvalue weighted by atomic mass is 16.1. The summed E-state index contributed by atoms with van der Waals surface area (Å²) in [7, 11) is 0. The zero-order chi connectivity index (χ0) is 17.5. The van der Waals surface area contributed by atoms with Crippen LogP contribution in [0.1, 0.15) is 44.7 Å². The number of nitrogens with one attached hydrogen (secondary N) is 2. The van der Waals surface area contributed by atoms with Crippen LogP contribution in [-0.4, -0.2) is 48.0 Å². The maximum Gasteiger partial charge on any atom is 0.220 e. The summed E-state index contributed by atoms with van der Waals surface area (Å²) in [5, 5.41) is 6.72. The lowest BCUT2D eigenvalue weighted by Crippen LogP contribution is -2.45. The Hall–Kier alpha value is -1.46. The van der Waals surface area contributed by atoms with Crippen LogP contribution >= 0.6 is 0 Å². The molecule has 0 bridgehead atoms. The van der Waals surface area contributed by atoms with Gasteiger partial charge in [-0.3, -0.25) is 14.7 Å². The third-order valence-electron chi connectivity index (χ3n) is 5.71. The summed E-state index contributed by atoms with van der Waals surface area (Å²) in [6.07, 6.45) is 7.10. The first-order chi connectivity index (χ1) is 12.2. The van der Waals surface area contributed by atoms with E-state index in [1.54, 1.807) is 0 Å². The van der Waals surface area contributed by atoms with Crippen molar-refractivity contribution in [3.05, 3.63) is 30.1 Å². The molecule has 2 aliphatic heterocycles. The Bertz CT molecular complexity index is 522. The van der Waals surface area contributed by atoms with Crippen LogP contribution in [0.4, 0.5) is 0 Å². The van der Waals surface area contributed by atoms with Crippen molar-refractivity contribution in [2.24, 2.45) is 11.8 Å². The third-order valence-corrected chi connectivity index (χ3v) is 5.71. The average molecular weight is 345 g/mol. The fourth-order valence-electron chi connectivity index (χ4n) is 4.07. The summed E-state index contributed by atoms with van der Waals surface area (Å²) in [5.74, 6) is 1.36. The van der Waals surface area contributed by atoms with Crippen LogP contribution < -0.4 is 10.6 Å². The van der Waals surface area contributed by atoms with Gasteiger partial charge in [0.1, 0.15) is 0 Å². The van der Waals surface area contributed by atoms with Gasteiger partial charge in [0.15, 0.2) is 0 Å². The van der Waals surface area contributed by atoms with E-state index in [4.69, 9.17) is 0 Å². The summed E-state index contributed by atoms with van der Waals surface area (Å²) in [5.41, 5.74) is 1.12. The van der Waals surface area contributed by atoms with Crippen molar-refractivity contribution < 1.29 is 4.79 Å². The molecule has 25 heavy (non-hydrogen) atoms. The van der Waals surface area contributed by atoms with Crippen LogP contribution in [0, 0.1) is 11.8 Å². The Labute approximate surface area is 151 Å². The van der Waals surface area contributed by atoms with E-state index in [1.165, 1.54) is 12.8 Å². The number of amides is 1.